The Labute approximate surface area is 155 Å². The second-order valence-corrected chi connectivity index (χ2v) is 6.31. The number of hydrogen-bond acceptors (Lipinski definition) is 2. The molecule has 2 aromatic carbocycles. The van der Waals surface area contributed by atoms with Gasteiger partial charge in [-0.3, -0.25) is 4.79 Å². The number of halogens is 2. The molecule has 2 aromatic rings. The van der Waals surface area contributed by atoms with Crippen LogP contribution in [0.1, 0.15) is 17.2 Å². The van der Waals surface area contributed by atoms with Gasteiger partial charge in [-0.15, -0.1) is 0 Å². The van der Waals surface area contributed by atoms with E-state index in [-0.39, 0.29) is 17.6 Å². The van der Waals surface area contributed by atoms with E-state index in [1.165, 1.54) is 29.3 Å². The zero-order valence-electron chi connectivity index (χ0n) is 13.9. The Morgan fingerprint density at radius 1 is 1.15 bits per heavy atom. The third-order valence-corrected chi connectivity index (χ3v) is 4.27. The molecule has 0 saturated heterocycles. The van der Waals surface area contributed by atoms with Gasteiger partial charge in [0.1, 0.15) is 5.82 Å². The van der Waals surface area contributed by atoms with Crippen LogP contribution in [0, 0.1) is 5.82 Å². The average molecular weight is 371 g/mol. The van der Waals surface area contributed by atoms with Crippen molar-refractivity contribution in [2.24, 2.45) is 0 Å². The maximum absolute atomic E-state index is 13.0. The van der Waals surface area contributed by atoms with E-state index in [1.807, 2.05) is 0 Å². The van der Waals surface area contributed by atoms with Crippen molar-refractivity contribution in [1.29, 1.82) is 0 Å². The number of nitrogens with one attached hydrogen (secondary N) is 1. The summed E-state index contributed by atoms with van der Waals surface area (Å²) in [6.07, 6.45) is 4.54. The Hall–Kier alpha value is -2.92. The van der Waals surface area contributed by atoms with Gasteiger partial charge in [0.25, 0.3) is 0 Å². The molecule has 1 atom stereocenters. The van der Waals surface area contributed by atoms with E-state index >= 15 is 0 Å². The normalized spacial score (nSPS) is 17.2. The molecule has 0 bridgehead atoms. The first-order valence-electron chi connectivity index (χ1n) is 7.92. The molecule has 1 heterocycles. The molecule has 0 unspecified atom stereocenters. The Morgan fingerprint density at radius 3 is 2.46 bits per heavy atom. The molecule has 0 saturated carbocycles. The van der Waals surface area contributed by atoms with Crippen LogP contribution in [0.25, 0.3) is 6.08 Å². The number of ketones is 1. The van der Waals surface area contributed by atoms with Crippen LogP contribution in [0.4, 0.5) is 9.18 Å². The van der Waals surface area contributed by atoms with E-state index in [0.29, 0.717) is 16.2 Å². The number of hydrogen-bond donors (Lipinski definition) is 1. The predicted molar refractivity (Wildman–Crippen MR) is 99.0 cm³/mol. The highest BCUT2D eigenvalue weighted by Crippen LogP contribution is 2.27. The Kier molecular flexibility index (Phi) is 5.19. The second kappa shape index (κ2) is 7.54. The first-order chi connectivity index (χ1) is 12.4. The number of benzene rings is 2. The molecular formula is C20H16ClFN2O2. The monoisotopic (exact) mass is 370 g/mol. The summed E-state index contributed by atoms with van der Waals surface area (Å²) < 4.78 is 13.0. The van der Waals surface area contributed by atoms with Crippen LogP contribution >= 0.6 is 11.6 Å². The van der Waals surface area contributed by atoms with Crippen molar-refractivity contribution in [1.82, 2.24) is 10.2 Å². The molecule has 1 aliphatic rings. The summed E-state index contributed by atoms with van der Waals surface area (Å²) in [4.78, 5) is 26.0. The lowest BCUT2D eigenvalue weighted by atomic mass is 9.94. The largest absolute Gasteiger partial charge is 0.327 e. The van der Waals surface area contributed by atoms with Crippen molar-refractivity contribution in [3.63, 3.8) is 0 Å². The van der Waals surface area contributed by atoms with E-state index in [9.17, 15) is 14.0 Å². The second-order valence-electron chi connectivity index (χ2n) is 5.88. The first-order valence-corrected chi connectivity index (χ1v) is 8.30. The Bertz CT molecular complexity index is 889. The number of carbonyl (C=O) groups excluding carboxylic acids is 2. The van der Waals surface area contributed by atoms with Gasteiger partial charge in [-0.2, -0.15) is 0 Å². The first kappa shape index (κ1) is 17.9. The van der Waals surface area contributed by atoms with Crippen molar-refractivity contribution in [2.45, 2.75) is 6.04 Å². The van der Waals surface area contributed by atoms with Crippen molar-refractivity contribution < 1.29 is 14.0 Å². The maximum Gasteiger partial charge on any atom is 0.321 e. The van der Waals surface area contributed by atoms with Crippen LogP contribution < -0.4 is 5.32 Å². The highest BCUT2D eigenvalue weighted by molar-refractivity contribution is 6.30. The standard InChI is InChI=1S/C20H16ClFN2O2/c1-24-12-17(18(25)11-4-13-2-9-16(22)10-3-13)19(23-20(24)26)14-5-7-15(21)8-6-14/h2-12,19H,1H3,(H,23,26)/b11-4+/t19-/m1/s1. The van der Waals surface area contributed by atoms with Crippen LogP contribution in [-0.2, 0) is 4.79 Å². The summed E-state index contributed by atoms with van der Waals surface area (Å²) in [5.74, 6) is -0.586. The maximum atomic E-state index is 13.0. The lowest BCUT2D eigenvalue weighted by molar-refractivity contribution is -0.111. The van der Waals surface area contributed by atoms with E-state index in [4.69, 9.17) is 11.6 Å². The molecule has 6 heteroatoms. The van der Waals surface area contributed by atoms with Crippen molar-refractivity contribution in [2.75, 3.05) is 7.05 Å². The molecule has 1 N–H and O–H groups in total. The molecule has 0 fully saturated rings. The van der Waals surface area contributed by atoms with E-state index < -0.39 is 6.04 Å². The van der Waals surface area contributed by atoms with Gasteiger partial charge < -0.3 is 10.2 Å². The lowest BCUT2D eigenvalue weighted by Gasteiger charge is -2.29. The quantitative estimate of drug-likeness (QED) is 0.814. The number of rotatable bonds is 4. The molecule has 0 spiro atoms. The summed E-state index contributed by atoms with van der Waals surface area (Å²) in [6, 6.07) is 11.9. The van der Waals surface area contributed by atoms with Gasteiger partial charge in [0.2, 0.25) is 0 Å². The zero-order chi connectivity index (χ0) is 18.7. The SMILES string of the molecule is CN1C=C(C(=O)/C=C/c2ccc(F)cc2)[C@@H](c2ccc(Cl)cc2)NC1=O. The van der Waals surface area contributed by atoms with Gasteiger partial charge in [0, 0.05) is 23.8 Å². The molecule has 132 valence electrons. The number of urea groups is 1. The van der Waals surface area contributed by atoms with Crippen LogP contribution in [0.5, 0.6) is 0 Å². The fourth-order valence-electron chi connectivity index (χ4n) is 2.61. The van der Waals surface area contributed by atoms with Crippen LogP contribution in [-0.4, -0.2) is 23.8 Å². The highest BCUT2D eigenvalue weighted by atomic mass is 35.5. The smallest absolute Gasteiger partial charge is 0.321 e. The minimum atomic E-state index is -0.568. The minimum Gasteiger partial charge on any atom is -0.327 e. The summed E-state index contributed by atoms with van der Waals surface area (Å²) in [5, 5.41) is 3.38. The van der Waals surface area contributed by atoms with Gasteiger partial charge in [0.15, 0.2) is 5.78 Å². The van der Waals surface area contributed by atoms with E-state index in [2.05, 4.69) is 5.32 Å². The van der Waals surface area contributed by atoms with Crippen molar-refractivity contribution in [3.8, 4) is 0 Å². The predicted octanol–water partition coefficient (Wildman–Crippen LogP) is 4.34. The molecule has 3 rings (SSSR count). The van der Waals surface area contributed by atoms with Gasteiger partial charge in [-0.1, -0.05) is 41.9 Å². The van der Waals surface area contributed by atoms with E-state index in [1.54, 1.807) is 49.5 Å². The van der Waals surface area contributed by atoms with E-state index in [0.717, 1.165) is 5.56 Å². The van der Waals surface area contributed by atoms with Gasteiger partial charge in [-0.25, -0.2) is 9.18 Å². The van der Waals surface area contributed by atoms with Gasteiger partial charge in [0.05, 0.1) is 6.04 Å². The molecule has 0 aromatic heterocycles. The summed E-state index contributed by atoms with van der Waals surface area (Å²) >= 11 is 5.92. The van der Waals surface area contributed by atoms with Crippen molar-refractivity contribution in [3.05, 3.63) is 88.3 Å². The number of nitrogens with zero attached hydrogens (tertiary/aromatic N) is 1. The average Bonchev–Trinajstić information content (AvgIpc) is 2.63. The third-order valence-electron chi connectivity index (χ3n) is 4.02. The summed E-state index contributed by atoms with van der Waals surface area (Å²) in [5.41, 5.74) is 1.88. The Morgan fingerprint density at radius 2 is 1.81 bits per heavy atom. The molecule has 0 aliphatic carbocycles. The fraction of sp³-hybridized carbons (Fsp3) is 0.100. The van der Waals surface area contributed by atoms with Crippen LogP contribution in [0.3, 0.4) is 0 Å². The number of carbonyl (C=O) groups is 2. The zero-order valence-corrected chi connectivity index (χ0v) is 14.7. The number of amides is 2. The highest BCUT2D eigenvalue weighted by Gasteiger charge is 2.29. The third kappa shape index (κ3) is 4.00. The molecular weight excluding hydrogens is 355 g/mol. The fourth-order valence-corrected chi connectivity index (χ4v) is 2.74. The topological polar surface area (TPSA) is 49.4 Å². The summed E-state index contributed by atoms with van der Waals surface area (Å²) in [7, 11) is 1.57. The minimum absolute atomic E-state index is 0.249. The van der Waals surface area contributed by atoms with Gasteiger partial charge in [-0.05, 0) is 41.5 Å². The molecule has 4 nitrogen and oxygen atoms in total. The summed E-state index contributed by atoms with van der Waals surface area (Å²) in [6.45, 7) is 0. The Balaban J connectivity index is 1.89. The molecule has 2 amide bonds. The molecule has 1 aliphatic heterocycles. The molecule has 0 radical (unpaired) electrons. The van der Waals surface area contributed by atoms with Crippen LogP contribution in [0.2, 0.25) is 5.02 Å². The number of allylic oxidation sites excluding steroid dienone is 1. The lowest BCUT2D eigenvalue weighted by Crippen LogP contribution is -2.43. The van der Waals surface area contributed by atoms with Gasteiger partial charge >= 0.3 is 6.03 Å². The molecule has 26 heavy (non-hydrogen) atoms. The van der Waals surface area contributed by atoms with Crippen molar-refractivity contribution >= 4 is 29.5 Å². The van der Waals surface area contributed by atoms with Crippen LogP contribution in [0.15, 0.2) is 66.4 Å².